The van der Waals surface area contributed by atoms with Gasteiger partial charge >= 0.3 is 5.69 Å². The number of sulfonamides is 1. The standard InChI is InChI=1S/C23H21ClN4O7S2/c1-27(37(33,34)17-7-5-15(6-8-17)35-16-4-2-3-14(24)13-16)19(21(29)26-32)9-11-28-22(30)20-18(10-12-36-20)25-23(28)31/h2-8,10,12-13,19,32H,9,11H2,1H3,(H,25,31)(H,26,29)/t19-/m1/s1. The second-order valence-electron chi connectivity index (χ2n) is 7.88. The van der Waals surface area contributed by atoms with Gasteiger partial charge in [-0.2, -0.15) is 4.31 Å². The lowest BCUT2D eigenvalue weighted by Gasteiger charge is -2.26. The Morgan fingerprint density at radius 2 is 1.92 bits per heavy atom. The Balaban J connectivity index is 1.55. The van der Waals surface area contributed by atoms with E-state index in [4.69, 9.17) is 16.3 Å². The molecule has 194 valence electrons. The van der Waals surface area contributed by atoms with Crippen molar-refractivity contribution in [2.45, 2.75) is 23.9 Å². The molecule has 0 unspecified atom stereocenters. The van der Waals surface area contributed by atoms with Gasteiger partial charge in [0.1, 0.15) is 22.2 Å². The van der Waals surface area contributed by atoms with Gasteiger partial charge in [-0.15, -0.1) is 11.3 Å². The van der Waals surface area contributed by atoms with Crippen LogP contribution in [0.4, 0.5) is 0 Å². The Labute approximate surface area is 219 Å². The number of hydroxylamine groups is 1. The first-order valence-corrected chi connectivity index (χ1v) is 13.5. The number of aromatic nitrogens is 2. The number of hydrogen-bond acceptors (Lipinski definition) is 8. The molecule has 2 aromatic carbocycles. The van der Waals surface area contributed by atoms with Crippen LogP contribution in [-0.4, -0.2) is 46.5 Å². The monoisotopic (exact) mass is 564 g/mol. The van der Waals surface area contributed by atoms with E-state index in [1.54, 1.807) is 35.7 Å². The maximum Gasteiger partial charge on any atom is 0.328 e. The van der Waals surface area contributed by atoms with Crippen molar-refractivity contribution < 1.29 is 23.2 Å². The number of fused-ring (bicyclic) bond motifs is 1. The van der Waals surface area contributed by atoms with Crippen molar-refractivity contribution >= 4 is 49.1 Å². The molecule has 0 aliphatic heterocycles. The number of halogens is 1. The molecule has 2 aromatic heterocycles. The molecular weight excluding hydrogens is 544 g/mol. The highest BCUT2D eigenvalue weighted by Gasteiger charge is 2.33. The van der Waals surface area contributed by atoms with Crippen LogP contribution in [0.5, 0.6) is 11.5 Å². The molecule has 14 heteroatoms. The minimum Gasteiger partial charge on any atom is -0.457 e. The zero-order valence-corrected chi connectivity index (χ0v) is 21.6. The number of likely N-dealkylation sites (N-methyl/N-ethyl adjacent to an activating group) is 1. The van der Waals surface area contributed by atoms with Gasteiger partial charge in [0, 0.05) is 18.6 Å². The Bertz CT molecular complexity index is 1660. The summed E-state index contributed by atoms with van der Waals surface area (Å²) in [5.41, 5.74) is 0.594. The Morgan fingerprint density at radius 1 is 1.19 bits per heavy atom. The molecule has 1 amide bonds. The predicted octanol–water partition coefficient (Wildman–Crippen LogP) is 2.78. The van der Waals surface area contributed by atoms with E-state index >= 15 is 0 Å². The van der Waals surface area contributed by atoms with E-state index in [0.29, 0.717) is 26.7 Å². The number of benzene rings is 2. The molecule has 0 aliphatic rings. The lowest BCUT2D eigenvalue weighted by atomic mass is 10.2. The number of amides is 1. The van der Waals surface area contributed by atoms with Crippen molar-refractivity contribution in [2.24, 2.45) is 0 Å². The molecule has 4 rings (SSSR count). The maximum absolute atomic E-state index is 13.3. The molecule has 37 heavy (non-hydrogen) atoms. The van der Waals surface area contributed by atoms with E-state index in [-0.39, 0.29) is 17.9 Å². The summed E-state index contributed by atoms with van der Waals surface area (Å²) in [4.78, 5) is 39.9. The molecule has 3 N–H and O–H groups in total. The molecule has 11 nitrogen and oxygen atoms in total. The third kappa shape index (κ3) is 5.60. The fraction of sp³-hybridized carbons (Fsp3) is 0.174. The highest BCUT2D eigenvalue weighted by Crippen LogP contribution is 2.26. The van der Waals surface area contributed by atoms with Crippen LogP contribution in [0.3, 0.4) is 0 Å². The van der Waals surface area contributed by atoms with Crippen molar-refractivity contribution in [1.82, 2.24) is 19.3 Å². The van der Waals surface area contributed by atoms with Crippen molar-refractivity contribution in [3.8, 4) is 11.5 Å². The minimum absolute atomic E-state index is 0.140. The van der Waals surface area contributed by atoms with Crippen molar-refractivity contribution in [1.29, 1.82) is 0 Å². The molecule has 2 heterocycles. The Morgan fingerprint density at radius 3 is 2.59 bits per heavy atom. The van der Waals surface area contributed by atoms with Gasteiger partial charge in [0.15, 0.2) is 0 Å². The number of rotatable bonds is 9. The number of ether oxygens (including phenoxy) is 1. The van der Waals surface area contributed by atoms with Gasteiger partial charge in [-0.3, -0.25) is 19.4 Å². The molecule has 0 radical (unpaired) electrons. The van der Waals surface area contributed by atoms with Gasteiger partial charge in [-0.25, -0.2) is 18.7 Å². The van der Waals surface area contributed by atoms with Gasteiger partial charge in [0.2, 0.25) is 10.0 Å². The molecule has 4 aromatic rings. The zero-order valence-electron chi connectivity index (χ0n) is 19.3. The predicted molar refractivity (Wildman–Crippen MR) is 138 cm³/mol. The zero-order chi connectivity index (χ0) is 26.7. The summed E-state index contributed by atoms with van der Waals surface area (Å²) in [5, 5.41) is 11.4. The van der Waals surface area contributed by atoms with Crippen molar-refractivity contribution in [2.75, 3.05) is 7.05 Å². The number of carbonyl (C=O) groups is 1. The summed E-state index contributed by atoms with van der Waals surface area (Å²) in [6.07, 6.45) is -0.266. The van der Waals surface area contributed by atoms with Crippen LogP contribution in [-0.2, 0) is 21.4 Å². The van der Waals surface area contributed by atoms with Gasteiger partial charge in [-0.1, -0.05) is 17.7 Å². The third-order valence-electron chi connectivity index (χ3n) is 5.60. The maximum atomic E-state index is 13.3. The van der Waals surface area contributed by atoms with E-state index in [2.05, 4.69) is 4.98 Å². The normalized spacial score (nSPS) is 12.5. The van der Waals surface area contributed by atoms with Crippen LogP contribution in [0, 0.1) is 0 Å². The molecule has 0 aliphatic carbocycles. The summed E-state index contributed by atoms with van der Waals surface area (Å²) in [6.45, 7) is -0.271. The topological polar surface area (TPSA) is 151 Å². The lowest BCUT2D eigenvalue weighted by molar-refractivity contribution is -0.133. The molecule has 0 saturated carbocycles. The second kappa shape index (κ2) is 10.9. The Kier molecular flexibility index (Phi) is 7.80. The third-order valence-corrected chi connectivity index (χ3v) is 8.62. The van der Waals surface area contributed by atoms with E-state index in [1.807, 2.05) is 0 Å². The van der Waals surface area contributed by atoms with Crippen LogP contribution < -0.4 is 21.5 Å². The first-order valence-electron chi connectivity index (χ1n) is 10.8. The molecular formula is C23H21ClN4O7S2. The molecule has 0 fully saturated rings. The average molecular weight is 565 g/mol. The summed E-state index contributed by atoms with van der Waals surface area (Å²) in [7, 11) is -3.06. The fourth-order valence-electron chi connectivity index (χ4n) is 3.66. The second-order valence-corrected chi connectivity index (χ2v) is 11.2. The molecule has 1 atom stereocenters. The Hall–Kier alpha value is -3.49. The van der Waals surface area contributed by atoms with Crippen LogP contribution in [0.1, 0.15) is 6.42 Å². The van der Waals surface area contributed by atoms with Crippen molar-refractivity contribution in [3.05, 3.63) is 85.8 Å². The van der Waals surface area contributed by atoms with Crippen LogP contribution in [0.25, 0.3) is 10.2 Å². The fourth-order valence-corrected chi connectivity index (χ4v) is 5.98. The van der Waals surface area contributed by atoms with Gasteiger partial charge in [0.05, 0.1) is 10.4 Å². The van der Waals surface area contributed by atoms with E-state index in [0.717, 1.165) is 20.2 Å². The first-order chi connectivity index (χ1) is 17.6. The largest absolute Gasteiger partial charge is 0.457 e. The quantitative estimate of drug-likeness (QED) is 0.209. The molecule has 0 bridgehead atoms. The average Bonchev–Trinajstić information content (AvgIpc) is 3.34. The van der Waals surface area contributed by atoms with Gasteiger partial charge in [-0.05, 0) is 60.3 Å². The summed E-state index contributed by atoms with van der Waals surface area (Å²) < 4.78 is 34.2. The summed E-state index contributed by atoms with van der Waals surface area (Å²) >= 11 is 7.09. The number of aromatic amines is 1. The number of hydrogen-bond donors (Lipinski definition) is 3. The number of H-pyrrole nitrogens is 1. The van der Waals surface area contributed by atoms with Crippen LogP contribution in [0.2, 0.25) is 5.02 Å². The smallest absolute Gasteiger partial charge is 0.328 e. The SMILES string of the molecule is CN([C@H](CCn1c(=O)[nH]c2ccsc2c1=O)C(=O)NO)S(=O)(=O)c1ccc(Oc2cccc(Cl)c2)cc1. The van der Waals surface area contributed by atoms with E-state index in [1.165, 1.54) is 36.8 Å². The number of thiophene rings is 1. The summed E-state index contributed by atoms with van der Waals surface area (Å²) in [5.74, 6) is -0.198. The van der Waals surface area contributed by atoms with E-state index < -0.39 is 33.2 Å². The first kappa shape index (κ1) is 26.6. The highest BCUT2D eigenvalue weighted by atomic mass is 35.5. The number of nitrogens with one attached hydrogen (secondary N) is 2. The van der Waals surface area contributed by atoms with Gasteiger partial charge in [0.25, 0.3) is 11.5 Å². The lowest BCUT2D eigenvalue weighted by Crippen LogP contribution is -2.48. The number of carbonyl (C=O) groups excluding carboxylic acids is 1. The molecule has 0 saturated heterocycles. The van der Waals surface area contributed by atoms with Crippen LogP contribution in [0.15, 0.2) is 74.5 Å². The van der Waals surface area contributed by atoms with E-state index in [9.17, 15) is 28.0 Å². The molecule has 0 spiro atoms. The van der Waals surface area contributed by atoms with Crippen LogP contribution >= 0.6 is 22.9 Å². The van der Waals surface area contributed by atoms with Gasteiger partial charge < -0.3 is 9.72 Å². The minimum atomic E-state index is -4.23. The summed E-state index contributed by atoms with van der Waals surface area (Å²) in [6, 6.07) is 12.3. The highest BCUT2D eigenvalue weighted by molar-refractivity contribution is 7.89. The van der Waals surface area contributed by atoms with Crippen molar-refractivity contribution in [3.63, 3.8) is 0 Å². The number of nitrogens with zero attached hydrogens (tertiary/aromatic N) is 2.